The van der Waals surface area contributed by atoms with Gasteiger partial charge in [0, 0.05) is 38.8 Å². The minimum Gasteiger partial charge on any atom is -0.465 e. The summed E-state index contributed by atoms with van der Waals surface area (Å²) in [4.78, 5) is 71.4. The van der Waals surface area contributed by atoms with Crippen molar-refractivity contribution in [1.29, 1.82) is 0 Å². The first-order valence-electron chi connectivity index (χ1n) is 20.6. The molecule has 61 heavy (non-hydrogen) atoms. The lowest BCUT2D eigenvalue weighted by Gasteiger charge is -2.29. The van der Waals surface area contributed by atoms with Gasteiger partial charge in [0.2, 0.25) is 5.91 Å². The monoisotopic (exact) mass is 838 g/mol. The fourth-order valence-electron chi connectivity index (χ4n) is 8.87. The number of carbonyl (C=O) groups excluding carboxylic acids is 3. The van der Waals surface area contributed by atoms with Crippen molar-refractivity contribution in [3.05, 3.63) is 108 Å². The van der Waals surface area contributed by atoms with Gasteiger partial charge in [0.15, 0.2) is 0 Å². The number of amides is 4. The van der Waals surface area contributed by atoms with E-state index in [1.54, 1.807) is 46.7 Å². The number of alkyl carbamates (subject to hydrolysis) is 1. The molecule has 2 fully saturated rings. The number of ether oxygens (including phenoxy) is 1. The number of fused-ring (bicyclic) bond motifs is 4. The van der Waals surface area contributed by atoms with Gasteiger partial charge in [0.05, 0.1) is 42.1 Å². The van der Waals surface area contributed by atoms with Crippen molar-refractivity contribution in [3.8, 4) is 22.4 Å². The number of H-pyrrole nitrogens is 2. The Labute approximate surface area is 355 Å². The van der Waals surface area contributed by atoms with Gasteiger partial charge in [0.1, 0.15) is 23.7 Å². The summed E-state index contributed by atoms with van der Waals surface area (Å²) < 4.78 is 7.07. The Morgan fingerprint density at radius 1 is 0.787 bits per heavy atom. The number of aromatic nitrogens is 4. The molecule has 0 spiro atoms. The summed E-state index contributed by atoms with van der Waals surface area (Å²) in [6.07, 6.45) is 3.04. The molecule has 15 heteroatoms. The summed E-state index contributed by atoms with van der Waals surface area (Å²) in [5, 5.41) is 17.0. The van der Waals surface area contributed by atoms with Gasteiger partial charge in [0.25, 0.3) is 5.91 Å². The number of nitrogens with one attached hydrogen (secondary N) is 4. The number of nitrogens with zero attached hydrogens (tertiary/aromatic N) is 4. The van der Waals surface area contributed by atoms with Crippen LogP contribution in [0.15, 0.2) is 91.1 Å². The highest BCUT2D eigenvalue weighted by molar-refractivity contribution is 7.25. The van der Waals surface area contributed by atoms with E-state index in [1.807, 2.05) is 30.9 Å². The predicted molar refractivity (Wildman–Crippen MR) is 234 cm³/mol. The van der Waals surface area contributed by atoms with Crippen LogP contribution in [0.3, 0.4) is 0 Å². The number of thiophene rings is 1. The summed E-state index contributed by atoms with van der Waals surface area (Å²) in [6, 6.07) is 25.8. The quantitative estimate of drug-likeness (QED) is 0.0905. The van der Waals surface area contributed by atoms with Gasteiger partial charge >= 0.3 is 12.2 Å². The Morgan fingerprint density at radius 3 is 2.11 bits per heavy atom. The first-order chi connectivity index (χ1) is 29.6. The number of aromatic amines is 2. The number of methoxy groups -OCH3 is 1. The Balaban J connectivity index is 0.938. The van der Waals surface area contributed by atoms with Gasteiger partial charge in [-0.05, 0) is 72.6 Å². The summed E-state index contributed by atoms with van der Waals surface area (Å²) in [5.41, 5.74) is 6.24. The van der Waals surface area contributed by atoms with Crippen LogP contribution in [-0.4, -0.2) is 85.1 Å². The molecule has 2 aliphatic rings. The normalized spacial score (nSPS) is 17.6. The second-order valence-corrected chi connectivity index (χ2v) is 17.2. The number of carbonyl (C=O) groups is 4. The first kappa shape index (κ1) is 39.7. The number of rotatable bonds is 10. The van der Waals surface area contributed by atoms with E-state index in [0.717, 1.165) is 79.7 Å². The Hall–Kier alpha value is -6.74. The van der Waals surface area contributed by atoms with E-state index < -0.39 is 24.3 Å². The van der Waals surface area contributed by atoms with Crippen molar-refractivity contribution in [2.24, 2.45) is 5.92 Å². The molecule has 312 valence electrons. The minimum absolute atomic E-state index is 0.115. The topological polar surface area (TPSA) is 186 Å². The molecule has 2 saturated heterocycles. The average Bonchev–Trinajstić information content (AvgIpc) is 4.12. The first-order valence-corrected chi connectivity index (χ1v) is 21.4. The van der Waals surface area contributed by atoms with Gasteiger partial charge in [-0.1, -0.05) is 74.5 Å². The third kappa shape index (κ3) is 7.65. The zero-order valence-corrected chi connectivity index (χ0v) is 34.8. The predicted octanol–water partition coefficient (Wildman–Crippen LogP) is 8.70. The molecule has 4 aromatic carbocycles. The molecule has 0 radical (unpaired) electrons. The molecule has 5 heterocycles. The van der Waals surface area contributed by atoms with E-state index >= 15 is 0 Å². The average molecular weight is 839 g/mol. The number of imidazole rings is 2. The number of carboxylic acid groups (broad SMARTS) is 1. The third-order valence-electron chi connectivity index (χ3n) is 12.0. The maximum Gasteiger partial charge on any atom is 0.407 e. The van der Waals surface area contributed by atoms with Crippen LogP contribution < -0.4 is 10.6 Å². The van der Waals surface area contributed by atoms with Crippen molar-refractivity contribution < 1.29 is 29.0 Å². The summed E-state index contributed by atoms with van der Waals surface area (Å²) in [5.74, 6) is 0.851. The second kappa shape index (κ2) is 16.4. The molecule has 5 N–H and O–H groups in total. The van der Waals surface area contributed by atoms with Crippen molar-refractivity contribution in [3.63, 3.8) is 0 Å². The molecule has 3 aromatic heterocycles. The lowest BCUT2D eigenvalue weighted by atomic mass is 10.0. The molecule has 0 aliphatic carbocycles. The van der Waals surface area contributed by atoms with E-state index in [9.17, 15) is 24.3 Å². The molecule has 9 rings (SSSR count). The maximum absolute atomic E-state index is 13.8. The van der Waals surface area contributed by atoms with Gasteiger partial charge in [-0.2, -0.15) is 0 Å². The lowest BCUT2D eigenvalue weighted by molar-refractivity contribution is -0.135. The van der Waals surface area contributed by atoms with Gasteiger partial charge in [-0.15, -0.1) is 11.3 Å². The fraction of sp³-hybridized carbons (Fsp3) is 0.304. The minimum atomic E-state index is -1.26. The molecular formula is C46H46N8O6S. The van der Waals surface area contributed by atoms with Gasteiger partial charge in [-0.25, -0.2) is 19.6 Å². The summed E-state index contributed by atoms with van der Waals surface area (Å²) in [6.45, 7) is 4.91. The van der Waals surface area contributed by atoms with E-state index in [0.29, 0.717) is 24.5 Å². The van der Waals surface area contributed by atoms with E-state index in [2.05, 4.69) is 69.1 Å². The van der Waals surface area contributed by atoms with Crippen LogP contribution in [0.1, 0.15) is 74.9 Å². The van der Waals surface area contributed by atoms with Gasteiger partial charge < -0.3 is 40.2 Å². The van der Waals surface area contributed by atoms with Crippen molar-refractivity contribution in [1.82, 2.24) is 40.4 Å². The highest BCUT2D eigenvalue weighted by Crippen LogP contribution is 2.40. The molecule has 4 amide bonds. The van der Waals surface area contributed by atoms with Crippen LogP contribution in [0.25, 0.3) is 53.6 Å². The maximum atomic E-state index is 13.8. The number of benzene rings is 4. The van der Waals surface area contributed by atoms with E-state index in [-0.39, 0.29) is 29.8 Å². The Morgan fingerprint density at radius 2 is 1.43 bits per heavy atom. The van der Waals surface area contributed by atoms with Crippen LogP contribution in [0.4, 0.5) is 9.59 Å². The van der Waals surface area contributed by atoms with Crippen LogP contribution in [-0.2, 0) is 14.3 Å². The fourth-order valence-corrected chi connectivity index (χ4v) is 10.1. The molecule has 0 unspecified atom stereocenters. The van der Waals surface area contributed by atoms with Crippen molar-refractivity contribution >= 4 is 66.5 Å². The van der Waals surface area contributed by atoms with Crippen LogP contribution in [0.2, 0.25) is 0 Å². The van der Waals surface area contributed by atoms with E-state index in [1.165, 1.54) is 12.5 Å². The smallest absolute Gasteiger partial charge is 0.407 e. The number of likely N-dealkylation sites (tertiary alicyclic amines) is 2. The zero-order valence-electron chi connectivity index (χ0n) is 34.0. The van der Waals surface area contributed by atoms with E-state index in [4.69, 9.17) is 14.7 Å². The number of hydrogen-bond donors (Lipinski definition) is 5. The summed E-state index contributed by atoms with van der Waals surface area (Å²) >= 11 is 1.72. The zero-order chi connectivity index (χ0) is 42.4. The molecule has 0 saturated carbocycles. The van der Waals surface area contributed by atoms with Crippen LogP contribution in [0, 0.1) is 5.92 Å². The van der Waals surface area contributed by atoms with Gasteiger partial charge in [-0.3, -0.25) is 9.59 Å². The number of hydrogen-bond acceptors (Lipinski definition) is 8. The van der Waals surface area contributed by atoms with Crippen molar-refractivity contribution in [2.75, 3.05) is 20.2 Å². The Bertz CT molecular complexity index is 2800. The standard InChI is InChI=1S/C46H46N8O6S/c1-25(2)39(52-46(59)60-3)43(55)54-20-8-12-36(54)42-48-32-18-15-27(21-33(32)49-42)28-13-16-30-31-17-14-29(23-38(31)61-37(30)22-28)34-24-47-41(50-34)35-11-7-19-53(35)44(56)40(51-45(57)58)26-9-5-4-6-10-26/h4-6,9-10,13-18,21-25,35-36,39-40,51H,7-8,11-12,19-20H2,1-3H3,(H,47,50)(H,48,49)(H,52,59)(H,57,58)/t35-,36-,39-,40+/m0/s1. The third-order valence-corrected chi connectivity index (χ3v) is 13.1. The molecule has 7 aromatic rings. The van der Waals surface area contributed by atoms with Crippen LogP contribution >= 0.6 is 11.3 Å². The highest BCUT2D eigenvalue weighted by atomic mass is 32.1. The Kier molecular flexibility index (Phi) is 10.7. The second-order valence-electron chi connectivity index (χ2n) is 16.1. The molecule has 14 nitrogen and oxygen atoms in total. The molecule has 2 aliphatic heterocycles. The molecule has 4 atom stereocenters. The molecule has 0 bridgehead atoms. The highest BCUT2D eigenvalue weighted by Gasteiger charge is 2.39. The largest absolute Gasteiger partial charge is 0.465 e. The van der Waals surface area contributed by atoms with Crippen molar-refractivity contribution in [2.45, 2.75) is 63.7 Å². The van der Waals surface area contributed by atoms with Crippen LogP contribution in [0.5, 0.6) is 0 Å². The lowest BCUT2D eigenvalue weighted by Crippen LogP contribution is -2.51. The SMILES string of the molecule is COC(=O)N[C@H](C(=O)N1CCC[C@H]1c1nc2ccc(-c3ccc4c(c3)sc3cc(-c5cnc([C@@H]6CCCN6C(=O)[C@H](NC(=O)O)c6ccccc6)[nH]5)ccc34)cc2[nH]1)C(C)C. The molecular weight excluding hydrogens is 793 g/mol. The summed E-state index contributed by atoms with van der Waals surface area (Å²) in [7, 11) is 1.29.